The monoisotopic (exact) mass is 474 g/mol. The van der Waals surface area contributed by atoms with Crippen LogP contribution in [-0.4, -0.2) is 41.2 Å². The van der Waals surface area contributed by atoms with Crippen molar-refractivity contribution in [2.24, 2.45) is 0 Å². The van der Waals surface area contributed by atoms with Crippen LogP contribution in [-0.2, 0) is 17.8 Å². The molecule has 1 aromatic heterocycles. The average Bonchev–Trinajstić information content (AvgIpc) is 3.36. The largest absolute Gasteiger partial charge is 0.486 e. The molecule has 0 fully saturated rings. The molecule has 35 heavy (non-hydrogen) atoms. The maximum Gasteiger partial charge on any atom is 0.289 e. The molecule has 0 N–H and O–H groups in total. The van der Waals surface area contributed by atoms with Crippen molar-refractivity contribution in [1.29, 1.82) is 0 Å². The van der Waals surface area contributed by atoms with Gasteiger partial charge in [0.2, 0.25) is 5.91 Å². The number of nitrogens with zero attached hydrogens (tertiary/aromatic N) is 2. The molecule has 184 valence electrons. The summed E-state index contributed by atoms with van der Waals surface area (Å²) in [5.41, 5.74) is 4.61. The van der Waals surface area contributed by atoms with Crippen molar-refractivity contribution >= 4 is 11.8 Å². The van der Waals surface area contributed by atoms with Gasteiger partial charge in [-0.2, -0.15) is 0 Å². The van der Waals surface area contributed by atoms with Crippen LogP contribution < -0.4 is 4.74 Å². The van der Waals surface area contributed by atoms with Gasteiger partial charge in [-0.15, -0.1) is 0 Å². The number of carbonyl (C=O) groups is 2. The fourth-order valence-electron chi connectivity index (χ4n) is 4.65. The smallest absolute Gasteiger partial charge is 0.289 e. The summed E-state index contributed by atoms with van der Waals surface area (Å²) in [5.74, 6) is 1.66. The Kier molecular flexibility index (Phi) is 7.59. The van der Waals surface area contributed by atoms with Gasteiger partial charge in [-0.05, 0) is 68.1 Å². The molecular weight excluding hydrogens is 440 g/mol. The highest BCUT2D eigenvalue weighted by molar-refractivity contribution is 5.91. The highest BCUT2D eigenvalue weighted by Gasteiger charge is 2.31. The number of amides is 2. The molecule has 0 spiro atoms. The SMILES string of the molecule is CCC(=O)N1CCc2ccc(OCc3ccc(C(=O)N(CC)CC)o3)cc2[C@H]1c1ccc(C)cc1. The van der Waals surface area contributed by atoms with Crippen molar-refractivity contribution in [3.8, 4) is 5.75 Å². The van der Waals surface area contributed by atoms with Gasteiger partial charge in [-0.25, -0.2) is 0 Å². The van der Waals surface area contributed by atoms with E-state index in [-0.39, 0.29) is 24.5 Å². The summed E-state index contributed by atoms with van der Waals surface area (Å²) in [7, 11) is 0. The quantitative estimate of drug-likeness (QED) is 0.430. The van der Waals surface area contributed by atoms with E-state index >= 15 is 0 Å². The highest BCUT2D eigenvalue weighted by atomic mass is 16.5. The first kappa shape index (κ1) is 24.6. The van der Waals surface area contributed by atoms with Crippen LogP contribution in [0.4, 0.5) is 0 Å². The van der Waals surface area contributed by atoms with Crippen LogP contribution >= 0.6 is 0 Å². The number of hydrogen-bond acceptors (Lipinski definition) is 4. The average molecular weight is 475 g/mol. The molecule has 1 aliphatic rings. The maximum atomic E-state index is 12.8. The molecule has 0 unspecified atom stereocenters. The number of benzene rings is 2. The Labute approximate surface area is 207 Å². The van der Waals surface area contributed by atoms with E-state index < -0.39 is 0 Å². The van der Waals surface area contributed by atoms with Crippen molar-refractivity contribution in [1.82, 2.24) is 9.80 Å². The first-order chi connectivity index (χ1) is 16.9. The molecular formula is C29H34N2O4. The fourth-order valence-corrected chi connectivity index (χ4v) is 4.65. The van der Waals surface area contributed by atoms with Gasteiger partial charge in [-0.1, -0.05) is 42.8 Å². The van der Waals surface area contributed by atoms with E-state index in [9.17, 15) is 9.59 Å². The molecule has 4 rings (SSSR count). The Bertz CT molecular complexity index is 1180. The molecule has 1 aliphatic heterocycles. The van der Waals surface area contributed by atoms with Gasteiger partial charge in [0.05, 0.1) is 6.04 Å². The molecule has 2 heterocycles. The Morgan fingerprint density at radius 2 is 1.77 bits per heavy atom. The Morgan fingerprint density at radius 3 is 2.46 bits per heavy atom. The number of ether oxygens (including phenoxy) is 1. The van der Waals surface area contributed by atoms with E-state index in [1.54, 1.807) is 17.0 Å². The number of furan rings is 1. The number of carbonyl (C=O) groups excluding carboxylic acids is 2. The van der Waals surface area contributed by atoms with Crippen LogP contribution in [0, 0.1) is 6.92 Å². The minimum atomic E-state index is -0.141. The third-order valence-corrected chi connectivity index (χ3v) is 6.67. The summed E-state index contributed by atoms with van der Waals surface area (Å²) in [6.45, 7) is 10.1. The Hall–Kier alpha value is -3.54. The number of aryl methyl sites for hydroxylation is 1. The minimum absolute atomic E-state index is 0.114. The molecule has 6 nitrogen and oxygen atoms in total. The molecule has 0 aliphatic carbocycles. The lowest BCUT2D eigenvalue weighted by molar-refractivity contribution is -0.132. The van der Waals surface area contributed by atoms with Gasteiger partial charge in [0, 0.05) is 26.1 Å². The van der Waals surface area contributed by atoms with Crippen molar-refractivity contribution in [2.75, 3.05) is 19.6 Å². The van der Waals surface area contributed by atoms with Crippen LogP contribution in [0.3, 0.4) is 0 Å². The topological polar surface area (TPSA) is 63.0 Å². The number of hydrogen-bond donors (Lipinski definition) is 0. The maximum absolute atomic E-state index is 12.8. The summed E-state index contributed by atoms with van der Waals surface area (Å²) in [4.78, 5) is 29.0. The van der Waals surface area contributed by atoms with E-state index in [1.807, 2.05) is 37.8 Å². The molecule has 6 heteroatoms. The zero-order chi connectivity index (χ0) is 24.9. The second-order valence-electron chi connectivity index (χ2n) is 8.90. The summed E-state index contributed by atoms with van der Waals surface area (Å²) >= 11 is 0. The van der Waals surface area contributed by atoms with E-state index in [0.29, 0.717) is 43.3 Å². The molecule has 3 aromatic rings. The molecule has 0 radical (unpaired) electrons. The first-order valence-electron chi connectivity index (χ1n) is 12.4. The van der Waals surface area contributed by atoms with E-state index in [2.05, 4.69) is 37.3 Å². The normalized spacial score (nSPS) is 15.0. The van der Waals surface area contributed by atoms with Gasteiger partial charge < -0.3 is 19.0 Å². The second kappa shape index (κ2) is 10.8. The van der Waals surface area contributed by atoms with Crippen molar-refractivity contribution < 1.29 is 18.7 Å². The van der Waals surface area contributed by atoms with Gasteiger partial charge in [0.15, 0.2) is 5.76 Å². The lowest BCUT2D eigenvalue weighted by Crippen LogP contribution is -2.40. The standard InChI is InChI=1S/C29H34N2O4/c1-5-27(32)31-17-16-21-12-13-23(18-25(21)28(31)22-10-8-20(4)9-11-22)34-19-24-14-15-26(35-24)29(33)30(6-2)7-3/h8-15,18,28H,5-7,16-17,19H2,1-4H3/t28-/m1/s1. The first-order valence-corrected chi connectivity index (χ1v) is 12.4. The van der Waals surface area contributed by atoms with Crippen LogP contribution in [0.25, 0.3) is 0 Å². The van der Waals surface area contributed by atoms with Crippen molar-refractivity contribution in [3.63, 3.8) is 0 Å². The summed E-state index contributed by atoms with van der Waals surface area (Å²) in [6, 6.07) is 17.8. The van der Waals surface area contributed by atoms with Crippen LogP contribution in [0.5, 0.6) is 5.75 Å². The predicted molar refractivity (Wildman–Crippen MR) is 135 cm³/mol. The number of rotatable bonds is 8. The molecule has 1 atom stereocenters. The van der Waals surface area contributed by atoms with Gasteiger partial charge >= 0.3 is 0 Å². The van der Waals surface area contributed by atoms with E-state index in [1.165, 1.54) is 11.1 Å². The second-order valence-corrected chi connectivity index (χ2v) is 8.90. The van der Waals surface area contributed by atoms with E-state index in [4.69, 9.17) is 9.15 Å². The summed E-state index contributed by atoms with van der Waals surface area (Å²) in [6.07, 6.45) is 1.29. The van der Waals surface area contributed by atoms with Crippen LogP contribution in [0.15, 0.2) is 59.0 Å². The van der Waals surface area contributed by atoms with Crippen LogP contribution in [0.2, 0.25) is 0 Å². The Balaban J connectivity index is 1.57. The van der Waals surface area contributed by atoms with E-state index in [0.717, 1.165) is 17.5 Å². The van der Waals surface area contributed by atoms with Crippen LogP contribution in [0.1, 0.15) is 71.8 Å². The van der Waals surface area contributed by atoms with Gasteiger partial charge in [-0.3, -0.25) is 9.59 Å². The molecule has 2 amide bonds. The number of fused-ring (bicyclic) bond motifs is 1. The fraction of sp³-hybridized carbons (Fsp3) is 0.379. The molecule has 0 saturated heterocycles. The van der Waals surface area contributed by atoms with Crippen molar-refractivity contribution in [3.05, 3.63) is 88.4 Å². The van der Waals surface area contributed by atoms with Crippen molar-refractivity contribution in [2.45, 2.75) is 53.2 Å². The molecule has 0 saturated carbocycles. The molecule has 0 bridgehead atoms. The minimum Gasteiger partial charge on any atom is -0.486 e. The third-order valence-electron chi connectivity index (χ3n) is 6.67. The Morgan fingerprint density at radius 1 is 1.03 bits per heavy atom. The lowest BCUT2D eigenvalue weighted by Gasteiger charge is -2.38. The third kappa shape index (κ3) is 5.26. The summed E-state index contributed by atoms with van der Waals surface area (Å²) < 4.78 is 11.8. The highest BCUT2D eigenvalue weighted by Crippen LogP contribution is 2.37. The predicted octanol–water partition coefficient (Wildman–Crippen LogP) is 5.53. The summed E-state index contributed by atoms with van der Waals surface area (Å²) in [5, 5.41) is 0. The zero-order valence-corrected chi connectivity index (χ0v) is 21.0. The van der Waals surface area contributed by atoms with Gasteiger partial charge in [0.25, 0.3) is 5.91 Å². The molecule has 2 aromatic carbocycles. The van der Waals surface area contributed by atoms with Gasteiger partial charge in [0.1, 0.15) is 18.1 Å². The zero-order valence-electron chi connectivity index (χ0n) is 21.0. The lowest BCUT2D eigenvalue weighted by atomic mass is 9.87.